The lowest BCUT2D eigenvalue weighted by molar-refractivity contribution is 0.112. The molecule has 7 heteroatoms. The van der Waals surface area contributed by atoms with Gasteiger partial charge in [-0.25, -0.2) is 0 Å². The molecule has 0 aliphatic carbocycles. The minimum absolute atomic E-state index is 0.0637. The molecule has 0 aliphatic rings. The van der Waals surface area contributed by atoms with Crippen LogP contribution in [0.25, 0.3) is 0 Å². The minimum Gasteiger partial charge on any atom is -0.507 e. The van der Waals surface area contributed by atoms with Crippen molar-refractivity contribution in [3.8, 4) is 5.75 Å². The second kappa shape index (κ2) is 5.55. The molecule has 0 aliphatic heterocycles. The average molecular weight is 257 g/mol. The van der Waals surface area contributed by atoms with Crippen LogP contribution in [0.2, 0.25) is 0 Å². The van der Waals surface area contributed by atoms with Crippen LogP contribution in [0.15, 0.2) is 23.2 Å². The van der Waals surface area contributed by atoms with Gasteiger partial charge in [0.15, 0.2) is 0 Å². The predicted octanol–water partition coefficient (Wildman–Crippen LogP) is 0.511. The maximum atomic E-state index is 10.5. The van der Waals surface area contributed by atoms with Gasteiger partial charge in [0.25, 0.3) is 10.1 Å². The number of benzene rings is 1. The highest BCUT2D eigenvalue weighted by Crippen LogP contribution is 2.15. The third-order valence-electron chi connectivity index (χ3n) is 1.90. The fourth-order valence-corrected chi connectivity index (χ4v) is 1.42. The van der Waals surface area contributed by atoms with Crippen LogP contribution in [-0.2, 0) is 10.1 Å². The zero-order valence-corrected chi connectivity index (χ0v) is 9.59. The van der Waals surface area contributed by atoms with E-state index < -0.39 is 15.9 Å². The number of rotatable bonds is 5. The number of aldehydes is 1. The van der Waals surface area contributed by atoms with Crippen molar-refractivity contribution in [2.45, 2.75) is 0 Å². The normalized spacial score (nSPS) is 11.8. The van der Waals surface area contributed by atoms with Gasteiger partial charge in [-0.1, -0.05) is 0 Å². The predicted molar refractivity (Wildman–Crippen MR) is 62.4 cm³/mol. The Kier molecular flexibility index (Phi) is 4.36. The Morgan fingerprint density at radius 1 is 1.35 bits per heavy atom. The molecule has 0 amide bonds. The van der Waals surface area contributed by atoms with E-state index in [9.17, 15) is 18.3 Å². The Morgan fingerprint density at radius 2 is 2.06 bits per heavy atom. The van der Waals surface area contributed by atoms with Crippen molar-refractivity contribution in [2.24, 2.45) is 4.99 Å². The van der Waals surface area contributed by atoms with E-state index in [4.69, 9.17) is 4.55 Å². The Balaban J connectivity index is 2.74. The number of aliphatic imine (C=N–C) groups is 1. The van der Waals surface area contributed by atoms with Crippen molar-refractivity contribution in [3.63, 3.8) is 0 Å². The van der Waals surface area contributed by atoms with Crippen molar-refractivity contribution in [1.82, 2.24) is 0 Å². The molecule has 0 fully saturated rings. The highest BCUT2D eigenvalue weighted by atomic mass is 32.2. The van der Waals surface area contributed by atoms with Crippen molar-refractivity contribution in [3.05, 3.63) is 29.3 Å². The molecule has 0 heterocycles. The first-order valence-corrected chi connectivity index (χ1v) is 6.26. The summed E-state index contributed by atoms with van der Waals surface area (Å²) in [4.78, 5) is 14.2. The van der Waals surface area contributed by atoms with Crippen molar-refractivity contribution < 1.29 is 22.9 Å². The molecule has 6 nitrogen and oxygen atoms in total. The lowest BCUT2D eigenvalue weighted by Crippen LogP contribution is -2.06. The van der Waals surface area contributed by atoms with E-state index in [1.165, 1.54) is 24.4 Å². The number of hydrogen-bond acceptors (Lipinski definition) is 5. The summed E-state index contributed by atoms with van der Waals surface area (Å²) in [5.74, 6) is -0.552. The van der Waals surface area contributed by atoms with Gasteiger partial charge in [-0.2, -0.15) is 8.42 Å². The van der Waals surface area contributed by atoms with Crippen molar-refractivity contribution in [1.29, 1.82) is 0 Å². The van der Waals surface area contributed by atoms with Crippen molar-refractivity contribution >= 4 is 22.6 Å². The molecule has 0 atom stereocenters. The number of phenols is 1. The lowest BCUT2D eigenvalue weighted by Gasteiger charge is -1.99. The van der Waals surface area contributed by atoms with Crippen LogP contribution in [0.1, 0.15) is 15.9 Å². The maximum absolute atomic E-state index is 10.5. The zero-order chi connectivity index (χ0) is 12.9. The molecule has 2 N–H and O–H groups in total. The maximum Gasteiger partial charge on any atom is 0.266 e. The number of nitrogens with zero attached hydrogens (tertiary/aromatic N) is 1. The van der Waals surface area contributed by atoms with Crippen LogP contribution >= 0.6 is 0 Å². The Bertz CT molecular complexity index is 536. The van der Waals surface area contributed by atoms with E-state index in [0.717, 1.165) is 0 Å². The second-order valence-electron chi connectivity index (χ2n) is 3.26. The largest absolute Gasteiger partial charge is 0.507 e. The van der Waals surface area contributed by atoms with Gasteiger partial charge in [-0.05, 0) is 18.2 Å². The van der Waals surface area contributed by atoms with Crippen LogP contribution in [-0.4, -0.2) is 42.9 Å². The minimum atomic E-state index is -4.03. The number of phenolic OH excluding ortho intramolecular Hbond substituents is 1. The molecule has 0 spiro atoms. The standard InChI is InChI=1S/C10H11NO5S/c12-7-8-1-2-10(13)9(5-8)6-11-3-4-17(14,15)16/h1-2,5-7,13H,3-4H2,(H,14,15,16). The highest BCUT2D eigenvalue weighted by Gasteiger charge is 2.02. The number of aromatic hydroxyl groups is 1. The molecule has 0 radical (unpaired) electrons. The molecule has 0 bridgehead atoms. The molecule has 17 heavy (non-hydrogen) atoms. The third kappa shape index (κ3) is 4.75. The third-order valence-corrected chi connectivity index (χ3v) is 2.59. The van der Waals surface area contributed by atoms with E-state index in [-0.39, 0.29) is 12.3 Å². The van der Waals surface area contributed by atoms with Crippen LogP contribution in [0, 0.1) is 0 Å². The van der Waals surface area contributed by atoms with Gasteiger partial charge in [0.05, 0.1) is 12.3 Å². The molecule has 1 aromatic rings. The van der Waals surface area contributed by atoms with Gasteiger partial charge in [0, 0.05) is 17.3 Å². The van der Waals surface area contributed by atoms with E-state index >= 15 is 0 Å². The topological polar surface area (TPSA) is 104 Å². The fraction of sp³-hybridized carbons (Fsp3) is 0.200. The molecule has 1 rings (SSSR count). The first-order valence-electron chi connectivity index (χ1n) is 4.65. The zero-order valence-electron chi connectivity index (χ0n) is 8.78. The molecule has 0 saturated carbocycles. The first-order chi connectivity index (χ1) is 7.92. The fourth-order valence-electron chi connectivity index (χ4n) is 1.08. The molecular formula is C10H11NO5S. The van der Waals surface area contributed by atoms with Crippen LogP contribution < -0.4 is 0 Å². The number of hydrogen-bond donors (Lipinski definition) is 2. The Labute approximate surface area is 98.4 Å². The molecule has 0 unspecified atom stereocenters. The quantitative estimate of drug-likeness (QED) is 0.454. The molecule has 0 aromatic heterocycles. The van der Waals surface area contributed by atoms with Gasteiger partial charge in [-0.3, -0.25) is 14.3 Å². The number of carbonyl (C=O) groups excluding carboxylic acids is 1. The monoisotopic (exact) mass is 257 g/mol. The van der Waals surface area contributed by atoms with E-state index in [1.54, 1.807) is 0 Å². The van der Waals surface area contributed by atoms with Crippen LogP contribution in [0.4, 0.5) is 0 Å². The Morgan fingerprint density at radius 3 is 2.65 bits per heavy atom. The summed E-state index contributed by atoms with van der Waals surface area (Å²) in [6.45, 7) is -0.121. The summed E-state index contributed by atoms with van der Waals surface area (Å²) < 4.78 is 29.2. The van der Waals surface area contributed by atoms with Gasteiger partial charge < -0.3 is 5.11 Å². The van der Waals surface area contributed by atoms with Crippen LogP contribution in [0.3, 0.4) is 0 Å². The molecule has 92 valence electrons. The van der Waals surface area contributed by atoms with E-state index in [1.807, 2.05) is 0 Å². The van der Waals surface area contributed by atoms with Gasteiger partial charge in [0.2, 0.25) is 0 Å². The lowest BCUT2D eigenvalue weighted by atomic mass is 10.1. The Hall–Kier alpha value is -1.73. The van der Waals surface area contributed by atoms with Crippen molar-refractivity contribution in [2.75, 3.05) is 12.3 Å². The van der Waals surface area contributed by atoms with Gasteiger partial charge >= 0.3 is 0 Å². The summed E-state index contributed by atoms with van der Waals surface area (Å²) >= 11 is 0. The summed E-state index contributed by atoms with van der Waals surface area (Å²) in [6, 6.07) is 4.20. The van der Waals surface area contributed by atoms with Crippen LogP contribution in [0.5, 0.6) is 5.75 Å². The molecule has 0 saturated heterocycles. The summed E-state index contributed by atoms with van der Waals surface area (Å²) in [5, 5.41) is 9.41. The van der Waals surface area contributed by atoms with Gasteiger partial charge in [0.1, 0.15) is 12.0 Å². The summed E-state index contributed by atoms with van der Waals surface area (Å²) in [5.41, 5.74) is 0.684. The average Bonchev–Trinajstić information content (AvgIpc) is 2.25. The first kappa shape index (κ1) is 13.3. The molecular weight excluding hydrogens is 246 g/mol. The second-order valence-corrected chi connectivity index (χ2v) is 4.83. The smallest absolute Gasteiger partial charge is 0.266 e. The summed E-state index contributed by atoms with van der Waals surface area (Å²) in [6.07, 6.45) is 1.86. The van der Waals surface area contributed by atoms with E-state index in [2.05, 4.69) is 4.99 Å². The highest BCUT2D eigenvalue weighted by molar-refractivity contribution is 7.85. The van der Waals surface area contributed by atoms with Gasteiger partial charge in [-0.15, -0.1) is 0 Å². The summed E-state index contributed by atoms with van der Waals surface area (Å²) in [7, 11) is -4.03. The number of carbonyl (C=O) groups is 1. The molecule has 1 aromatic carbocycles. The SMILES string of the molecule is O=Cc1ccc(O)c(C=NCCS(=O)(=O)O)c1. The van der Waals surface area contributed by atoms with E-state index in [0.29, 0.717) is 17.4 Å².